The van der Waals surface area contributed by atoms with E-state index in [2.05, 4.69) is 193 Å². The fourth-order valence-corrected chi connectivity index (χ4v) is 19.9. The van der Waals surface area contributed by atoms with Crippen LogP contribution in [0, 0.1) is 0 Å². The molecular weight excluding hydrogens is 755 g/mol. The van der Waals surface area contributed by atoms with E-state index in [-0.39, 0.29) is 0 Å². The van der Waals surface area contributed by atoms with Gasteiger partial charge in [0.25, 0.3) is 0 Å². The molecule has 0 radical (unpaired) electrons. The fraction of sp³-hybridized carbons (Fsp3) is 0. The van der Waals surface area contributed by atoms with Crippen molar-refractivity contribution in [3.63, 3.8) is 0 Å². The number of benzene rings is 8. The van der Waals surface area contributed by atoms with Crippen molar-refractivity contribution >= 4 is 74.7 Å². The van der Waals surface area contributed by atoms with Crippen molar-refractivity contribution in [2.75, 3.05) is 0 Å². The standard InChI is InChI=1S/C52H33GeN3O/c1-4-16-35(17-5-1)52-54-50(49-41-24-10-13-25-44(41)53(51(49)55-52,36-18-6-2-7-19-36)37-20-8-3-9-21-37)34-28-30-38(31-29-34)56-45-26-14-11-22-39(45)42-32-43-40-23-12-15-27-47(40)57-48(43)33-46(42)56/h1-33H. The summed E-state index contributed by atoms with van der Waals surface area (Å²) in [4.78, 5) is 11.1. The second-order valence-corrected chi connectivity index (χ2v) is 22.6. The number of fused-ring (bicyclic) bond motifs is 9. The van der Waals surface area contributed by atoms with Crippen molar-refractivity contribution in [3.8, 4) is 39.5 Å². The maximum atomic E-state index is 6.40. The van der Waals surface area contributed by atoms with Crippen LogP contribution in [0.5, 0.6) is 0 Å². The summed E-state index contributed by atoms with van der Waals surface area (Å²) in [6.45, 7) is 0. The van der Waals surface area contributed by atoms with E-state index in [0.29, 0.717) is 0 Å². The number of nitrogens with zero attached hydrogens (tertiary/aromatic N) is 3. The molecule has 4 nitrogen and oxygen atoms in total. The van der Waals surface area contributed by atoms with Gasteiger partial charge in [0.2, 0.25) is 0 Å². The Bertz CT molecular complexity index is 3300. The molecule has 266 valence electrons. The number of furan rings is 1. The van der Waals surface area contributed by atoms with Crippen LogP contribution >= 0.6 is 0 Å². The molecule has 0 amide bonds. The van der Waals surface area contributed by atoms with Crippen LogP contribution in [0.2, 0.25) is 0 Å². The van der Waals surface area contributed by atoms with E-state index in [9.17, 15) is 0 Å². The zero-order valence-electron chi connectivity index (χ0n) is 30.8. The van der Waals surface area contributed by atoms with Gasteiger partial charge >= 0.3 is 298 Å². The third-order valence-electron chi connectivity index (χ3n) is 11.9. The molecule has 0 fully saturated rings. The topological polar surface area (TPSA) is 43.9 Å². The first kappa shape index (κ1) is 32.2. The summed E-state index contributed by atoms with van der Waals surface area (Å²) in [7, 11) is 0. The van der Waals surface area contributed by atoms with Gasteiger partial charge in [0.05, 0.1) is 0 Å². The van der Waals surface area contributed by atoms with E-state index in [1.54, 1.807) is 0 Å². The number of aromatic nitrogens is 3. The Morgan fingerprint density at radius 1 is 0.439 bits per heavy atom. The van der Waals surface area contributed by atoms with Crippen LogP contribution < -0.4 is 17.7 Å². The minimum atomic E-state index is -3.65. The monoisotopic (exact) mass is 789 g/mol. The third-order valence-corrected chi connectivity index (χ3v) is 21.8. The Labute approximate surface area is 331 Å². The van der Waals surface area contributed by atoms with Crippen LogP contribution in [-0.4, -0.2) is 27.8 Å². The molecular formula is C52H33GeN3O. The molecule has 1 aliphatic heterocycles. The Kier molecular flexibility index (Phi) is 7.07. The predicted molar refractivity (Wildman–Crippen MR) is 237 cm³/mol. The molecule has 8 aromatic carbocycles. The quantitative estimate of drug-likeness (QED) is 0.163. The zero-order valence-corrected chi connectivity index (χ0v) is 32.9. The first-order valence-electron chi connectivity index (χ1n) is 19.4. The Hall–Kier alpha value is -7.02. The maximum absolute atomic E-state index is 6.40. The SMILES string of the molecule is c1ccc(-c2nc(-c3ccc(-n4c5ccccc5c5cc6c(cc54)oc4ccccc46)cc3)c3[c](n2)[Ge]([c]2ccccc2)([c]2ccccc2)[c]2ccccc2-3)cc1. The van der Waals surface area contributed by atoms with Crippen molar-refractivity contribution in [2.24, 2.45) is 0 Å². The van der Waals surface area contributed by atoms with Crippen LogP contribution in [0.25, 0.3) is 83.2 Å². The van der Waals surface area contributed by atoms with Crippen molar-refractivity contribution in [2.45, 2.75) is 0 Å². The summed E-state index contributed by atoms with van der Waals surface area (Å²) in [6.07, 6.45) is 0. The van der Waals surface area contributed by atoms with E-state index in [4.69, 9.17) is 14.4 Å². The van der Waals surface area contributed by atoms with Gasteiger partial charge in [-0.2, -0.15) is 0 Å². The van der Waals surface area contributed by atoms with Crippen molar-refractivity contribution in [1.29, 1.82) is 0 Å². The molecule has 0 unspecified atom stereocenters. The summed E-state index contributed by atoms with van der Waals surface area (Å²) < 4.78 is 14.1. The van der Waals surface area contributed by atoms with Crippen LogP contribution in [0.3, 0.4) is 0 Å². The molecule has 0 spiro atoms. The average molecular weight is 788 g/mol. The van der Waals surface area contributed by atoms with Gasteiger partial charge in [-0.15, -0.1) is 0 Å². The summed E-state index contributed by atoms with van der Waals surface area (Å²) in [6, 6.07) is 72.1. The number of hydrogen-bond donors (Lipinski definition) is 0. The van der Waals surface area contributed by atoms with Crippen LogP contribution in [-0.2, 0) is 0 Å². The van der Waals surface area contributed by atoms with Gasteiger partial charge in [-0.3, -0.25) is 0 Å². The van der Waals surface area contributed by atoms with Crippen LogP contribution in [0.1, 0.15) is 0 Å². The van der Waals surface area contributed by atoms with E-state index in [0.717, 1.165) is 66.9 Å². The Morgan fingerprint density at radius 2 is 1.07 bits per heavy atom. The second-order valence-electron chi connectivity index (χ2n) is 14.9. The average Bonchev–Trinajstić information content (AvgIpc) is 3.92. The van der Waals surface area contributed by atoms with Gasteiger partial charge in [-0.1, -0.05) is 18.2 Å². The number of hydrogen-bond acceptors (Lipinski definition) is 3. The molecule has 0 bridgehead atoms. The third kappa shape index (κ3) is 4.68. The molecule has 0 atom stereocenters. The number of para-hydroxylation sites is 2. The number of rotatable bonds is 5. The molecule has 11 aromatic rings. The summed E-state index contributed by atoms with van der Waals surface area (Å²) in [5.74, 6) is 0.750. The molecule has 57 heavy (non-hydrogen) atoms. The molecule has 0 aliphatic carbocycles. The normalized spacial score (nSPS) is 13.1. The van der Waals surface area contributed by atoms with E-state index < -0.39 is 13.3 Å². The molecule has 5 heteroatoms. The van der Waals surface area contributed by atoms with Crippen LogP contribution in [0.15, 0.2) is 205 Å². The molecule has 4 heterocycles. The van der Waals surface area contributed by atoms with Gasteiger partial charge in [-0.25, -0.2) is 0 Å². The molecule has 0 saturated heterocycles. The minimum absolute atomic E-state index is 0.750. The molecule has 0 saturated carbocycles. The molecule has 0 N–H and O–H groups in total. The molecule has 3 aromatic heterocycles. The van der Waals surface area contributed by atoms with Gasteiger partial charge in [0.15, 0.2) is 0 Å². The van der Waals surface area contributed by atoms with Crippen molar-refractivity contribution in [1.82, 2.24) is 14.5 Å². The Morgan fingerprint density at radius 3 is 1.82 bits per heavy atom. The summed E-state index contributed by atoms with van der Waals surface area (Å²) in [5.41, 5.74) is 10.6. The first-order chi connectivity index (χ1) is 28.3. The van der Waals surface area contributed by atoms with Gasteiger partial charge < -0.3 is 0 Å². The van der Waals surface area contributed by atoms with Gasteiger partial charge in [0, 0.05) is 5.39 Å². The Balaban J connectivity index is 1.11. The first-order valence-corrected chi connectivity index (χ1v) is 23.6. The van der Waals surface area contributed by atoms with Crippen molar-refractivity contribution < 1.29 is 4.42 Å². The second kappa shape index (κ2) is 12.5. The van der Waals surface area contributed by atoms with E-state index in [1.165, 1.54) is 34.1 Å². The van der Waals surface area contributed by atoms with Gasteiger partial charge in [0.1, 0.15) is 5.58 Å². The fourth-order valence-electron chi connectivity index (χ4n) is 9.43. The van der Waals surface area contributed by atoms with Gasteiger partial charge in [-0.05, 0) is 6.07 Å². The summed E-state index contributed by atoms with van der Waals surface area (Å²) >= 11 is -3.65. The van der Waals surface area contributed by atoms with E-state index in [1.807, 2.05) is 12.1 Å². The van der Waals surface area contributed by atoms with E-state index >= 15 is 0 Å². The predicted octanol–water partition coefficient (Wildman–Crippen LogP) is 10.2. The molecule has 12 rings (SSSR count). The van der Waals surface area contributed by atoms with Crippen molar-refractivity contribution in [3.05, 3.63) is 200 Å². The van der Waals surface area contributed by atoms with Crippen LogP contribution in [0.4, 0.5) is 0 Å². The summed E-state index contributed by atoms with van der Waals surface area (Å²) in [5, 5.41) is 4.69. The zero-order chi connectivity index (χ0) is 37.5. The molecule has 1 aliphatic rings.